The third-order valence-corrected chi connectivity index (χ3v) is 7.13. The number of nitrogens with zero attached hydrogens (tertiary/aromatic N) is 2. The molecular weight excluding hydrogens is 386 g/mol. The number of Topliss-reactive ketones (excluding diaryl/α,β-unsaturated/α-hetero) is 1. The number of anilines is 1. The zero-order valence-corrected chi connectivity index (χ0v) is 16.3. The number of nitrogens with one attached hydrogen (secondary N) is 1. The Labute approximate surface area is 161 Å². The van der Waals surface area contributed by atoms with Gasteiger partial charge in [-0.3, -0.25) is 14.9 Å². The molecule has 4 rings (SSSR count). The van der Waals surface area contributed by atoms with Crippen molar-refractivity contribution in [2.24, 2.45) is 0 Å². The molecule has 0 aliphatic rings. The number of hydrogen-bond donors (Lipinski definition) is 1. The van der Waals surface area contributed by atoms with Gasteiger partial charge in [0, 0.05) is 6.92 Å². The first-order valence-electron chi connectivity index (χ1n) is 7.77. The molecule has 8 heteroatoms. The number of benzene rings is 1. The third kappa shape index (κ3) is 3.18. The van der Waals surface area contributed by atoms with E-state index in [9.17, 15) is 9.59 Å². The number of carbonyl (C=O) groups excluding carboxylic acids is 2. The summed E-state index contributed by atoms with van der Waals surface area (Å²) >= 11 is 4.20. The Bertz CT molecular complexity index is 1110. The number of aryl methyl sites for hydroxylation is 1. The molecule has 1 N–H and O–H groups in total. The van der Waals surface area contributed by atoms with Crippen LogP contribution in [0.4, 0.5) is 5.13 Å². The monoisotopic (exact) mass is 399 g/mol. The summed E-state index contributed by atoms with van der Waals surface area (Å²) in [5.74, 6) is -0.277. The predicted molar refractivity (Wildman–Crippen MR) is 108 cm³/mol. The second kappa shape index (κ2) is 6.71. The van der Waals surface area contributed by atoms with E-state index in [1.165, 1.54) is 29.6 Å². The molecule has 0 bridgehead atoms. The Morgan fingerprint density at radius 1 is 1.00 bits per heavy atom. The molecular formula is C18H13N3O2S3. The van der Waals surface area contributed by atoms with Gasteiger partial charge in [0.25, 0.3) is 5.91 Å². The summed E-state index contributed by atoms with van der Waals surface area (Å²) < 4.78 is 1.12. The minimum atomic E-state index is -0.230. The zero-order chi connectivity index (χ0) is 18.3. The number of para-hydroxylation sites is 1. The maximum absolute atomic E-state index is 12.5. The molecule has 0 saturated carbocycles. The fourth-order valence-corrected chi connectivity index (χ4v) is 5.27. The predicted octanol–water partition coefficient (Wildman–Crippen LogP) is 5.24. The smallest absolute Gasteiger partial charge is 0.267 e. The SMILES string of the molecule is CC(=O)c1sc(NC(=O)c2ccc(-c3nc4ccccc4s3)s2)nc1C. The van der Waals surface area contributed by atoms with E-state index in [1.807, 2.05) is 30.3 Å². The van der Waals surface area contributed by atoms with Crippen molar-refractivity contribution in [2.75, 3.05) is 5.32 Å². The number of fused-ring (bicyclic) bond motifs is 1. The third-order valence-electron chi connectivity index (χ3n) is 3.67. The standard InChI is InChI=1S/C18H13N3O2S3/c1-9-15(10(2)22)26-18(19-9)21-16(23)13-7-8-14(24-13)17-20-11-5-3-4-6-12(11)25-17/h3-8H,1-2H3,(H,19,21,23). The molecule has 0 fully saturated rings. The van der Waals surface area contributed by atoms with Gasteiger partial charge < -0.3 is 0 Å². The fourth-order valence-electron chi connectivity index (χ4n) is 2.49. The van der Waals surface area contributed by atoms with Gasteiger partial charge in [0.15, 0.2) is 10.9 Å². The van der Waals surface area contributed by atoms with E-state index < -0.39 is 0 Å². The van der Waals surface area contributed by atoms with Crippen LogP contribution in [0.15, 0.2) is 36.4 Å². The van der Waals surface area contributed by atoms with Gasteiger partial charge in [-0.1, -0.05) is 23.5 Å². The van der Waals surface area contributed by atoms with E-state index in [4.69, 9.17) is 0 Å². The van der Waals surface area contributed by atoms with Crippen LogP contribution >= 0.6 is 34.0 Å². The molecule has 4 aromatic rings. The maximum atomic E-state index is 12.5. The summed E-state index contributed by atoms with van der Waals surface area (Å²) in [6.07, 6.45) is 0. The van der Waals surface area contributed by atoms with Gasteiger partial charge in [-0.2, -0.15) is 0 Å². The van der Waals surface area contributed by atoms with Crippen molar-refractivity contribution in [2.45, 2.75) is 13.8 Å². The lowest BCUT2D eigenvalue weighted by molar-refractivity contribution is 0.101. The van der Waals surface area contributed by atoms with E-state index in [-0.39, 0.29) is 11.7 Å². The molecule has 130 valence electrons. The first-order valence-corrected chi connectivity index (χ1v) is 10.2. The van der Waals surface area contributed by atoms with Crippen molar-refractivity contribution < 1.29 is 9.59 Å². The molecule has 1 amide bonds. The van der Waals surface area contributed by atoms with Crippen LogP contribution in [0.3, 0.4) is 0 Å². The van der Waals surface area contributed by atoms with Crippen molar-refractivity contribution in [3.8, 4) is 9.88 Å². The summed E-state index contributed by atoms with van der Waals surface area (Å²) in [5.41, 5.74) is 1.60. The van der Waals surface area contributed by atoms with Crippen LogP contribution in [0.5, 0.6) is 0 Å². The highest BCUT2D eigenvalue weighted by molar-refractivity contribution is 7.26. The number of carbonyl (C=O) groups is 2. The molecule has 0 saturated heterocycles. The Morgan fingerprint density at radius 2 is 1.81 bits per heavy atom. The molecule has 0 atom stereocenters. The van der Waals surface area contributed by atoms with Crippen molar-refractivity contribution in [1.82, 2.24) is 9.97 Å². The fraction of sp³-hybridized carbons (Fsp3) is 0.111. The summed E-state index contributed by atoms with van der Waals surface area (Å²) in [7, 11) is 0. The second-order valence-electron chi connectivity index (χ2n) is 5.59. The van der Waals surface area contributed by atoms with Crippen LogP contribution in [0.1, 0.15) is 32.0 Å². The number of ketones is 1. The summed E-state index contributed by atoms with van der Waals surface area (Å²) in [5, 5.41) is 4.12. The molecule has 0 radical (unpaired) electrons. The Morgan fingerprint density at radius 3 is 2.54 bits per heavy atom. The second-order valence-corrected chi connectivity index (χ2v) is 8.71. The van der Waals surface area contributed by atoms with Crippen LogP contribution < -0.4 is 5.32 Å². The normalized spacial score (nSPS) is 11.0. The molecule has 26 heavy (non-hydrogen) atoms. The van der Waals surface area contributed by atoms with E-state index in [0.29, 0.717) is 20.6 Å². The lowest BCUT2D eigenvalue weighted by Gasteiger charge is -1.97. The molecule has 0 aliphatic carbocycles. The van der Waals surface area contributed by atoms with Gasteiger partial charge in [-0.25, -0.2) is 9.97 Å². The Balaban J connectivity index is 1.56. The van der Waals surface area contributed by atoms with Crippen molar-refractivity contribution >= 4 is 61.0 Å². The Hall–Kier alpha value is -2.42. The zero-order valence-electron chi connectivity index (χ0n) is 13.9. The van der Waals surface area contributed by atoms with Crippen molar-refractivity contribution in [3.05, 3.63) is 51.8 Å². The average Bonchev–Trinajstić information content (AvgIpc) is 3.31. The summed E-state index contributed by atoms with van der Waals surface area (Å²) in [6, 6.07) is 11.7. The van der Waals surface area contributed by atoms with E-state index in [1.54, 1.807) is 24.3 Å². The molecule has 5 nitrogen and oxygen atoms in total. The van der Waals surface area contributed by atoms with Crippen LogP contribution in [0.25, 0.3) is 20.1 Å². The number of aromatic nitrogens is 2. The summed E-state index contributed by atoms with van der Waals surface area (Å²) in [6.45, 7) is 3.26. The first kappa shape index (κ1) is 17.0. The van der Waals surface area contributed by atoms with Gasteiger partial charge in [-0.05, 0) is 31.2 Å². The van der Waals surface area contributed by atoms with Crippen LogP contribution in [-0.4, -0.2) is 21.7 Å². The van der Waals surface area contributed by atoms with Crippen LogP contribution in [0.2, 0.25) is 0 Å². The van der Waals surface area contributed by atoms with Crippen LogP contribution in [-0.2, 0) is 0 Å². The van der Waals surface area contributed by atoms with E-state index in [0.717, 1.165) is 20.1 Å². The number of rotatable bonds is 4. The highest BCUT2D eigenvalue weighted by atomic mass is 32.1. The molecule has 0 aliphatic heterocycles. The molecule has 0 spiro atoms. The van der Waals surface area contributed by atoms with Crippen molar-refractivity contribution in [3.63, 3.8) is 0 Å². The average molecular weight is 400 g/mol. The lowest BCUT2D eigenvalue weighted by Crippen LogP contribution is -2.09. The number of hydrogen-bond acceptors (Lipinski definition) is 7. The van der Waals surface area contributed by atoms with Crippen LogP contribution in [0, 0.1) is 6.92 Å². The Kier molecular flexibility index (Phi) is 4.39. The molecule has 3 heterocycles. The molecule has 3 aromatic heterocycles. The topological polar surface area (TPSA) is 72.0 Å². The number of thiazole rings is 2. The highest BCUT2D eigenvalue weighted by Crippen LogP contribution is 2.34. The van der Waals surface area contributed by atoms with Gasteiger partial charge in [-0.15, -0.1) is 22.7 Å². The molecule has 1 aromatic carbocycles. The molecule has 0 unspecified atom stereocenters. The minimum absolute atomic E-state index is 0.0465. The maximum Gasteiger partial charge on any atom is 0.267 e. The first-order chi connectivity index (χ1) is 12.5. The van der Waals surface area contributed by atoms with E-state index in [2.05, 4.69) is 15.3 Å². The lowest BCUT2D eigenvalue weighted by atomic mass is 10.3. The van der Waals surface area contributed by atoms with Gasteiger partial charge in [0.05, 0.1) is 30.5 Å². The quantitative estimate of drug-likeness (QED) is 0.476. The van der Waals surface area contributed by atoms with Gasteiger partial charge >= 0.3 is 0 Å². The van der Waals surface area contributed by atoms with E-state index >= 15 is 0 Å². The summed E-state index contributed by atoms with van der Waals surface area (Å²) in [4.78, 5) is 35.0. The highest BCUT2D eigenvalue weighted by Gasteiger charge is 2.17. The largest absolute Gasteiger partial charge is 0.297 e. The number of thiophene rings is 1. The van der Waals surface area contributed by atoms with Crippen molar-refractivity contribution in [1.29, 1.82) is 0 Å². The number of amides is 1. The van der Waals surface area contributed by atoms with Gasteiger partial charge in [0.1, 0.15) is 5.01 Å². The minimum Gasteiger partial charge on any atom is -0.297 e. The van der Waals surface area contributed by atoms with Gasteiger partial charge in [0.2, 0.25) is 0 Å².